The molecule has 0 fully saturated rings. The summed E-state index contributed by atoms with van der Waals surface area (Å²) >= 11 is 1.36. The van der Waals surface area contributed by atoms with Crippen LogP contribution in [0.25, 0.3) is 6.08 Å². The van der Waals surface area contributed by atoms with Crippen LogP contribution in [0.15, 0.2) is 47.9 Å². The molecular formula is C24H24N2O3S. The van der Waals surface area contributed by atoms with Gasteiger partial charge in [0.1, 0.15) is 5.75 Å². The number of carbonyl (C=O) groups excluding carboxylic acids is 2. The maximum absolute atomic E-state index is 12.6. The molecule has 0 spiro atoms. The molecule has 6 heteroatoms. The summed E-state index contributed by atoms with van der Waals surface area (Å²) in [4.78, 5) is 31.1. The summed E-state index contributed by atoms with van der Waals surface area (Å²) in [5.41, 5.74) is 5.08. The first kappa shape index (κ1) is 21.5. The van der Waals surface area contributed by atoms with Gasteiger partial charge >= 0.3 is 0 Å². The third-order valence-corrected chi connectivity index (χ3v) is 5.70. The van der Waals surface area contributed by atoms with Crippen LogP contribution in [-0.2, 0) is 4.79 Å². The molecule has 30 heavy (non-hydrogen) atoms. The van der Waals surface area contributed by atoms with Crippen molar-refractivity contribution >= 4 is 39.9 Å². The van der Waals surface area contributed by atoms with Crippen LogP contribution in [0, 0.1) is 20.8 Å². The van der Waals surface area contributed by atoms with E-state index in [4.69, 9.17) is 4.74 Å². The number of rotatable bonds is 6. The fourth-order valence-electron chi connectivity index (χ4n) is 3.09. The number of ketones is 1. The van der Waals surface area contributed by atoms with Crippen LogP contribution < -0.4 is 9.64 Å². The molecule has 0 N–H and O–H groups in total. The zero-order valence-corrected chi connectivity index (χ0v) is 18.5. The second-order valence-corrected chi connectivity index (χ2v) is 7.87. The standard InChI is InChI=1S/C24H24N2O3S/c1-15-9-11-20(23(13-15)29-5)22(28)12-10-19-14-30-24(25-19)26(18(4)27)21-8-6-7-16(2)17(21)3/h6-14H,1-5H3. The van der Waals surface area contributed by atoms with Crippen molar-refractivity contribution in [2.24, 2.45) is 0 Å². The summed E-state index contributed by atoms with van der Waals surface area (Å²) < 4.78 is 5.32. The number of aryl methyl sites for hydroxylation is 2. The normalized spacial score (nSPS) is 11.0. The largest absolute Gasteiger partial charge is 0.496 e. The van der Waals surface area contributed by atoms with Gasteiger partial charge in [-0.1, -0.05) is 18.2 Å². The average molecular weight is 421 g/mol. The van der Waals surface area contributed by atoms with Gasteiger partial charge in [-0.2, -0.15) is 0 Å². The molecule has 0 radical (unpaired) electrons. The number of anilines is 2. The summed E-state index contributed by atoms with van der Waals surface area (Å²) in [6, 6.07) is 11.3. The average Bonchev–Trinajstić information content (AvgIpc) is 3.17. The number of nitrogens with zero attached hydrogens (tertiary/aromatic N) is 2. The van der Waals surface area contributed by atoms with E-state index >= 15 is 0 Å². The van der Waals surface area contributed by atoms with E-state index in [0.717, 1.165) is 22.4 Å². The Hall–Kier alpha value is -3.25. The molecule has 3 rings (SSSR count). The highest BCUT2D eigenvalue weighted by Crippen LogP contribution is 2.32. The number of ether oxygens (including phenoxy) is 1. The van der Waals surface area contributed by atoms with Crippen LogP contribution >= 0.6 is 11.3 Å². The predicted molar refractivity (Wildman–Crippen MR) is 122 cm³/mol. The molecule has 0 saturated carbocycles. The molecule has 0 aliphatic rings. The maximum atomic E-state index is 12.6. The Labute approximate surface area is 180 Å². The highest BCUT2D eigenvalue weighted by atomic mass is 32.1. The van der Waals surface area contributed by atoms with Crippen LogP contribution in [-0.4, -0.2) is 23.8 Å². The second kappa shape index (κ2) is 9.05. The smallest absolute Gasteiger partial charge is 0.230 e. The molecule has 5 nitrogen and oxygen atoms in total. The monoisotopic (exact) mass is 420 g/mol. The van der Waals surface area contributed by atoms with Crippen LogP contribution in [0.3, 0.4) is 0 Å². The van der Waals surface area contributed by atoms with Gasteiger partial charge in [-0.05, 0) is 67.8 Å². The van der Waals surface area contributed by atoms with E-state index in [9.17, 15) is 9.59 Å². The molecule has 2 aromatic carbocycles. The minimum absolute atomic E-state index is 0.117. The second-order valence-electron chi connectivity index (χ2n) is 7.03. The Kier molecular flexibility index (Phi) is 6.47. The van der Waals surface area contributed by atoms with Crippen molar-refractivity contribution in [3.63, 3.8) is 0 Å². The fraction of sp³-hybridized carbons (Fsp3) is 0.208. The predicted octanol–water partition coefficient (Wildman–Crippen LogP) is 5.66. The summed E-state index contributed by atoms with van der Waals surface area (Å²) in [6.07, 6.45) is 3.13. The third-order valence-electron chi connectivity index (χ3n) is 4.86. The van der Waals surface area contributed by atoms with Crippen LogP contribution in [0.5, 0.6) is 5.75 Å². The van der Waals surface area contributed by atoms with Gasteiger partial charge in [0, 0.05) is 12.3 Å². The lowest BCUT2D eigenvalue weighted by atomic mass is 10.1. The lowest BCUT2D eigenvalue weighted by Gasteiger charge is -2.21. The Morgan fingerprint density at radius 3 is 2.60 bits per heavy atom. The zero-order chi connectivity index (χ0) is 21.8. The number of benzene rings is 2. The number of allylic oxidation sites excluding steroid dienone is 1. The molecule has 0 unspecified atom stereocenters. The van der Waals surface area contributed by atoms with Crippen molar-refractivity contribution in [3.8, 4) is 5.75 Å². The summed E-state index contributed by atoms with van der Waals surface area (Å²) in [6.45, 7) is 7.47. The summed E-state index contributed by atoms with van der Waals surface area (Å²) in [5, 5.41) is 2.39. The van der Waals surface area contributed by atoms with Crippen molar-refractivity contribution in [1.29, 1.82) is 0 Å². The molecule has 0 saturated heterocycles. The van der Waals surface area contributed by atoms with Gasteiger partial charge in [-0.15, -0.1) is 11.3 Å². The van der Waals surface area contributed by atoms with Crippen LogP contribution in [0.4, 0.5) is 10.8 Å². The van der Waals surface area contributed by atoms with Gasteiger partial charge < -0.3 is 4.74 Å². The zero-order valence-electron chi connectivity index (χ0n) is 17.7. The first-order valence-corrected chi connectivity index (χ1v) is 10.4. The molecule has 154 valence electrons. The first-order valence-electron chi connectivity index (χ1n) is 9.51. The van der Waals surface area contributed by atoms with Gasteiger partial charge in [-0.25, -0.2) is 4.98 Å². The van der Waals surface area contributed by atoms with Crippen LogP contribution in [0.2, 0.25) is 0 Å². The fourth-order valence-corrected chi connectivity index (χ4v) is 3.94. The van der Waals surface area contributed by atoms with Gasteiger partial charge in [0.2, 0.25) is 5.91 Å². The van der Waals surface area contributed by atoms with Gasteiger partial charge in [0.05, 0.1) is 24.1 Å². The van der Waals surface area contributed by atoms with Crippen molar-refractivity contribution in [3.05, 3.63) is 75.8 Å². The molecule has 0 atom stereocenters. The summed E-state index contributed by atoms with van der Waals surface area (Å²) in [5.74, 6) is 0.259. The van der Waals surface area contributed by atoms with Crippen molar-refractivity contribution in [2.75, 3.05) is 12.0 Å². The Balaban J connectivity index is 1.87. The Bertz CT molecular complexity index is 1130. The number of thiazole rings is 1. The number of hydrogen-bond acceptors (Lipinski definition) is 5. The van der Waals surface area contributed by atoms with E-state index in [1.54, 1.807) is 24.2 Å². The first-order chi connectivity index (χ1) is 14.3. The Morgan fingerprint density at radius 1 is 1.13 bits per heavy atom. The van der Waals surface area contributed by atoms with Crippen molar-refractivity contribution in [2.45, 2.75) is 27.7 Å². The van der Waals surface area contributed by atoms with E-state index in [1.165, 1.54) is 24.3 Å². The number of hydrogen-bond donors (Lipinski definition) is 0. The van der Waals surface area contributed by atoms with E-state index in [-0.39, 0.29) is 11.7 Å². The van der Waals surface area contributed by atoms with Gasteiger partial charge in [-0.3, -0.25) is 14.5 Å². The lowest BCUT2D eigenvalue weighted by Crippen LogP contribution is -2.23. The van der Waals surface area contributed by atoms with Crippen molar-refractivity contribution in [1.82, 2.24) is 4.98 Å². The molecule has 3 aromatic rings. The third kappa shape index (κ3) is 4.49. The summed E-state index contributed by atoms with van der Waals surface area (Å²) in [7, 11) is 1.55. The van der Waals surface area contributed by atoms with Crippen LogP contribution in [0.1, 0.15) is 39.7 Å². The quantitative estimate of drug-likeness (QED) is 0.381. The molecule has 0 aliphatic heterocycles. The number of carbonyl (C=O) groups is 2. The number of methoxy groups -OCH3 is 1. The molecule has 1 aromatic heterocycles. The SMILES string of the molecule is COc1cc(C)ccc1C(=O)C=Cc1csc(N(C(C)=O)c2cccc(C)c2C)n1. The molecular weight excluding hydrogens is 396 g/mol. The molecule has 0 aliphatic carbocycles. The van der Waals surface area contributed by atoms with E-state index in [0.29, 0.717) is 22.1 Å². The van der Waals surface area contributed by atoms with Crippen molar-refractivity contribution < 1.29 is 14.3 Å². The molecule has 1 heterocycles. The number of aromatic nitrogens is 1. The number of amides is 1. The minimum Gasteiger partial charge on any atom is -0.496 e. The molecule has 0 bridgehead atoms. The highest BCUT2D eigenvalue weighted by molar-refractivity contribution is 7.14. The van der Waals surface area contributed by atoms with Gasteiger partial charge in [0.25, 0.3) is 0 Å². The highest BCUT2D eigenvalue weighted by Gasteiger charge is 2.20. The van der Waals surface area contributed by atoms with Gasteiger partial charge in [0.15, 0.2) is 10.9 Å². The topological polar surface area (TPSA) is 59.5 Å². The van der Waals surface area contributed by atoms with E-state index in [1.807, 2.05) is 56.5 Å². The minimum atomic E-state index is -0.167. The Morgan fingerprint density at radius 2 is 1.90 bits per heavy atom. The molecule has 1 amide bonds. The van der Waals surface area contributed by atoms with E-state index in [2.05, 4.69) is 4.98 Å². The maximum Gasteiger partial charge on any atom is 0.230 e. The lowest BCUT2D eigenvalue weighted by molar-refractivity contribution is -0.115. The van der Waals surface area contributed by atoms with E-state index < -0.39 is 0 Å².